The molecule has 1 N–H and O–H groups in total. The molecule has 0 fully saturated rings. The fourth-order valence-electron chi connectivity index (χ4n) is 2.59. The number of phenolic OH excluding ortho intramolecular Hbond substituents is 1. The Morgan fingerprint density at radius 3 is 2.43 bits per heavy atom. The minimum absolute atomic E-state index is 0.183. The Bertz CT molecular complexity index is 1070. The molecule has 3 aromatic carbocycles. The fraction of sp³-hybridized carbons (Fsp3) is 0.0833. The molecule has 0 aliphatic carbocycles. The fourth-order valence-corrected chi connectivity index (χ4v) is 2.59. The summed E-state index contributed by atoms with van der Waals surface area (Å²) in [5, 5.41) is 9.32. The molecule has 0 saturated heterocycles. The van der Waals surface area contributed by atoms with E-state index in [1.165, 1.54) is 13.2 Å². The highest BCUT2D eigenvalue weighted by Crippen LogP contribution is 2.28. The van der Waals surface area contributed by atoms with Crippen molar-refractivity contribution in [3.05, 3.63) is 83.9 Å². The third-order valence-electron chi connectivity index (χ3n) is 4.12. The zero-order chi connectivity index (χ0) is 21.3. The van der Waals surface area contributed by atoms with Gasteiger partial charge in [0.15, 0.2) is 11.5 Å². The highest BCUT2D eigenvalue weighted by Gasteiger charge is 2.09. The Balaban J connectivity index is 1.69. The number of aromatic hydroxyl groups is 1. The van der Waals surface area contributed by atoms with Crippen molar-refractivity contribution in [1.82, 2.24) is 0 Å². The van der Waals surface area contributed by atoms with E-state index in [-0.39, 0.29) is 5.75 Å². The Labute approximate surface area is 174 Å². The predicted molar refractivity (Wildman–Crippen MR) is 116 cm³/mol. The SMILES string of the molecule is COc1cccc(/C=C/C(=O)Oc2ccc(C=Nc3ccc(O)cc3)cc2OC)c1. The summed E-state index contributed by atoms with van der Waals surface area (Å²) in [6, 6.07) is 19.0. The number of carbonyl (C=O) groups excluding carboxylic acids is 1. The first-order chi connectivity index (χ1) is 14.6. The summed E-state index contributed by atoms with van der Waals surface area (Å²) in [6.07, 6.45) is 4.65. The number of nitrogens with zero attached hydrogens (tertiary/aromatic N) is 1. The zero-order valence-electron chi connectivity index (χ0n) is 16.6. The number of rotatable bonds is 7. The van der Waals surface area contributed by atoms with Crippen LogP contribution in [0.15, 0.2) is 77.8 Å². The first-order valence-electron chi connectivity index (χ1n) is 9.12. The lowest BCUT2D eigenvalue weighted by atomic mass is 10.2. The summed E-state index contributed by atoms with van der Waals surface area (Å²) in [5.41, 5.74) is 2.29. The second kappa shape index (κ2) is 9.93. The first kappa shape index (κ1) is 20.7. The van der Waals surface area contributed by atoms with Crippen molar-refractivity contribution >= 4 is 23.9 Å². The maximum absolute atomic E-state index is 12.2. The van der Waals surface area contributed by atoms with Gasteiger partial charge in [-0.15, -0.1) is 0 Å². The molecule has 30 heavy (non-hydrogen) atoms. The number of hydrogen-bond acceptors (Lipinski definition) is 6. The Morgan fingerprint density at radius 1 is 0.900 bits per heavy atom. The minimum Gasteiger partial charge on any atom is -0.508 e. The van der Waals surface area contributed by atoms with Crippen LogP contribution in [-0.4, -0.2) is 31.5 Å². The molecule has 0 unspecified atom stereocenters. The number of methoxy groups -OCH3 is 2. The molecular formula is C24H21NO5. The van der Waals surface area contributed by atoms with Gasteiger partial charge < -0.3 is 19.3 Å². The van der Waals surface area contributed by atoms with E-state index in [1.54, 1.807) is 61.9 Å². The number of hydrogen-bond donors (Lipinski definition) is 1. The van der Waals surface area contributed by atoms with Gasteiger partial charge in [-0.2, -0.15) is 0 Å². The van der Waals surface area contributed by atoms with Crippen LogP contribution in [0.2, 0.25) is 0 Å². The minimum atomic E-state index is -0.526. The lowest BCUT2D eigenvalue weighted by Gasteiger charge is -2.08. The Kier molecular flexibility index (Phi) is 6.84. The van der Waals surface area contributed by atoms with Gasteiger partial charge in [0.05, 0.1) is 19.9 Å². The molecule has 0 aliphatic heterocycles. The molecule has 0 spiro atoms. The normalized spacial score (nSPS) is 11.0. The maximum atomic E-state index is 12.2. The molecule has 0 radical (unpaired) electrons. The number of phenols is 1. The molecule has 0 aliphatic rings. The van der Waals surface area contributed by atoms with Crippen molar-refractivity contribution in [2.24, 2.45) is 4.99 Å². The van der Waals surface area contributed by atoms with Crippen LogP contribution in [0.1, 0.15) is 11.1 Å². The van der Waals surface area contributed by atoms with E-state index in [0.29, 0.717) is 22.9 Å². The molecule has 0 amide bonds. The molecule has 3 rings (SSSR count). The van der Waals surface area contributed by atoms with Crippen molar-refractivity contribution in [3.63, 3.8) is 0 Å². The molecular weight excluding hydrogens is 382 g/mol. The Morgan fingerprint density at radius 2 is 1.70 bits per heavy atom. The van der Waals surface area contributed by atoms with E-state index in [4.69, 9.17) is 14.2 Å². The number of carbonyl (C=O) groups is 1. The molecule has 6 nitrogen and oxygen atoms in total. The summed E-state index contributed by atoms with van der Waals surface area (Å²) in [7, 11) is 3.09. The van der Waals surface area contributed by atoms with Gasteiger partial charge in [0.1, 0.15) is 11.5 Å². The highest BCUT2D eigenvalue weighted by molar-refractivity contribution is 5.89. The van der Waals surface area contributed by atoms with Gasteiger partial charge in [-0.25, -0.2) is 4.79 Å². The summed E-state index contributed by atoms with van der Waals surface area (Å²) in [4.78, 5) is 16.5. The lowest BCUT2D eigenvalue weighted by Crippen LogP contribution is -2.05. The van der Waals surface area contributed by atoms with Crippen LogP contribution in [0.3, 0.4) is 0 Å². The maximum Gasteiger partial charge on any atom is 0.336 e. The van der Waals surface area contributed by atoms with E-state index in [0.717, 1.165) is 11.1 Å². The molecule has 0 atom stereocenters. The van der Waals surface area contributed by atoms with Gasteiger partial charge in [0.2, 0.25) is 0 Å². The molecule has 0 saturated carbocycles. The van der Waals surface area contributed by atoms with Crippen molar-refractivity contribution in [2.45, 2.75) is 0 Å². The van der Waals surface area contributed by atoms with E-state index in [9.17, 15) is 9.90 Å². The number of ether oxygens (including phenoxy) is 3. The average molecular weight is 403 g/mol. The Hall–Kier alpha value is -4.06. The molecule has 0 heterocycles. The highest BCUT2D eigenvalue weighted by atomic mass is 16.6. The smallest absolute Gasteiger partial charge is 0.336 e. The summed E-state index contributed by atoms with van der Waals surface area (Å²) >= 11 is 0. The molecule has 0 aromatic heterocycles. The summed E-state index contributed by atoms with van der Waals surface area (Å²) in [5.74, 6) is 1.08. The van der Waals surface area contributed by atoms with Crippen LogP contribution < -0.4 is 14.2 Å². The second-order valence-corrected chi connectivity index (χ2v) is 6.22. The largest absolute Gasteiger partial charge is 0.508 e. The monoisotopic (exact) mass is 403 g/mol. The molecule has 152 valence electrons. The van der Waals surface area contributed by atoms with Gasteiger partial charge >= 0.3 is 5.97 Å². The zero-order valence-corrected chi connectivity index (χ0v) is 16.6. The third-order valence-corrected chi connectivity index (χ3v) is 4.12. The van der Waals surface area contributed by atoms with E-state index >= 15 is 0 Å². The summed E-state index contributed by atoms with van der Waals surface area (Å²) < 4.78 is 15.9. The average Bonchev–Trinajstić information content (AvgIpc) is 2.78. The second-order valence-electron chi connectivity index (χ2n) is 6.22. The van der Waals surface area contributed by atoms with Crippen molar-refractivity contribution < 1.29 is 24.1 Å². The van der Waals surface area contributed by atoms with Gasteiger partial charge in [-0.05, 0) is 71.8 Å². The van der Waals surface area contributed by atoms with Gasteiger partial charge in [-0.3, -0.25) is 4.99 Å². The number of esters is 1. The van der Waals surface area contributed by atoms with Crippen LogP contribution >= 0.6 is 0 Å². The van der Waals surface area contributed by atoms with Crippen LogP contribution in [0.25, 0.3) is 6.08 Å². The first-order valence-corrected chi connectivity index (χ1v) is 9.12. The van der Waals surface area contributed by atoms with Crippen LogP contribution in [0, 0.1) is 0 Å². The number of aliphatic imine (C=N–C) groups is 1. The number of benzene rings is 3. The van der Waals surface area contributed by atoms with Crippen LogP contribution in [0.5, 0.6) is 23.0 Å². The van der Waals surface area contributed by atoms with E-state index < -0.39 is 5.97 Å². The van der Waals surface area contributed by atoms with E-state index in [1.807, 2.05) is 24.3 Å². The van der Waals surface area contributed by atoms with E-state index in [2.05, 4.69) is 4.99 Å². The van der Waals surface area contributed by atoms with Gasteiger partial charge in [0, 0.05) is 12.3 Å². The van der Waals surface area contributed by atoms with Gasteiger partial charge in [-0.1, -0.05) is 12.1 Å². The van der Waals surface area contributed by atoms with Crippen LogP contribution in [-0.2, 0) is 4.79 Å². The van der Waals surface area contributed by atoms with Crippen molar-refractivity contribution in [2.75, 3.05) is 14.2 Å². The molecule has 6 heteroatoms. The molecule has 3 aromatic rings. The van der Waals surface area contributed by atoms with Crippen LogP contribution in [0.4, 0.5) is 5.69 Å². The third kappa shape index (κ3) is 5.72. The quantitative estimate of drug-likeness (QED) is 0.266. The van der Waals surface area contributed by atoms with Crippen molar-refractivity contribution in [3.8, 4) is 23.0 Å². The van der Waals surface area contributed by atoms with Gasteiger partial charge in [0.25, 0.3) is 0 Å². The predicted octanol–water partition coefficient (Wildman–Crippen LogP) is 4.78. The topological polar surface area (TPSA) is 77.4 Å². The molecule has 0 bridgehead atoms. The standard InChI is InChI=1S/C24H21NO5/c1-28-21-5-3-4-17(14-21)7-13-24(27)30-22-12-6-18(15-23(22)29-2)16-25-19-8-10-20(26)11-9-19/h3-16,26H,1-2H3/b13-7+,25-16?. The lowest BCUT2D eigenvalue weighted by molar-refractivity contribution is -0.129. The summed E-state index contributed by atoms with van der Waals surface area (Å²) in [6.45, 7) is 0. The van der Waals surface area contributed by atoms with Crippen molar-refractivity contribution in [1.29, 1.82) is 0 Å².